The molecule has 1 fully saturated rings. The largest absolute Gasteiger partial charge is 0.394 e. The summed E-state index contributed by atoms with van der Waals surface area (Å²) in [7, 11) is 0. The number of aliphatic hydroxyl groups excluding tert-OH is 1. The molecule has 12 heavy (non-hydrogen) atoms. The van der Waals surface area contributed by atoms with Crippen LogP contribution in [0.5, 0.6) is 0 Å². The van der Waals surface area contributed by atoms with E-state index in [1.807, 2.05) is 0 Å². The first-order valence-corrected chi connectivity index (χ1v) is 4.36. The first-order chi connectivity index (χ1) is 5.83. The molecule has 0 saturated carbocycles. The van der Waals surface area contributed by atoms with Crippen molar-refractivity contribution in [2.24, 2.45) is 5.73 Å². The van der Waals surface area contributed by atoms with Crippen molar-refractivity contribution in [2.45, 2.75) is 18.4 Å². The zero-order chi connectivity index (χ0) is 8.86. The highest BCUT2D eigenvalue weighted by Crippen LogP contribution is 2.23. The monoisotopic (exact) mass is 175 g/mol. The highest BCUT2D eigenvalue weighted by Gasteiger charge is 2.31. The lowest BCUT2D eigenvalue weighted by Gasteiger charge is -2.35. The Morgan fingerprint density at radius 2 is 2.08 bits per heavy atom. The van der Waals surface area contributed by atoms with Gasteiger partial charge in [0.1, 0.15) is 0 Å². The molecule has 0 spiro atoms. The highest BCUT2D eigenvalue weighted by atomic mass is 16.5. The maximum Gasteiger partial charge on any atom is 0.0849 e. The van der Waals surface area contributed by atoms with Gasteiger partial charge in [0.15, 0.2) is 0 Å². The Kier molecular flexibility index (Phi) is 3.94. The van der Waals surface area contributed by atoms with Crippen LogP contribution >= 0.6 is 0 Å². The van der Waals surface area contributed by atoms with Crippen molar-refractivity contribution in [1.29, 1.82) is 0 Å². The van der Waals surface area contributed by atoms with Crippen molar-refractivity contribution in [2.75, 3.05) is 33.0 Å². The average molecular weight is 175 g/mol. The fourth-order valence-corrected chi connectivity index (χ4v) is 1.41. The van der Waals surface area contributed by atoms with E-state index in [2.05, 4.69) is 0 Å². The molecule has 3 N–H and O–H groups in total. The SMILES string of the molecule is NCC1(OCCO)CCOCC1. The van der Waals surface area contributed by atoms with Crippen LogP contribution in [0.3, 0.4) is 0 Å². The topological polar surface area (TPSA) is 64.7 Å². The molecule has 1 aliphatic rings. The number of aliphatic hydroxyl groups is 1. The number of nitrogens with two attached hydrogens (primary N) is 1. The third-order valence-corrected chi connectivity index (χ3v) is 2.28. The number of hydrogen-bond donors (Lipinski definition) is 2. The Morgan fingerprint density at radius 3 is 2.58 bits per heavy atom. The van der Waals surface area contributed by atoms with E-state index in [4.69, 9.17) is 20.3 Å². The molecule has 4 heteroatoms. The van der Waals surface area contributed by atoms with Crippen molar-refractivity contribution in [3.05, 3.63) is 0 Å². The van der Waals surface area contributed by atoms with Crippen LogP contribution in [0.1, 0.15) is 12.8 Å². The molecule has 0 bridgehead atoms. The molecule has 1 heterocycles. The molecule has 1 rings (SSSR count). The molecule has 0 aromatic heterocycles. The predicted molar refractivity (Wildman–Crippen MR) is 44.9 cm³/mol. The van der Waals surface area contributed by atoms with Crippen LogP contribution < -0.4 is 5.73 Å². The van der Waals surface area contributed by atoms with Crippen molar-refractivity contribution in [1.82, 2.24) is 0 Å². The van der Waals surface area contributed by atoms with E-state index in [0.717, 1.165) is 12.8 Å². The second-order valence-electron chi connectivity index (χ2n) is 3.07. The molecule has 1 aliphatic heterocycles. The van der Waals surface area contributed by atoms with Crippen LogP contribution in [0.15, 0.2) is 0 Å². The maximum atomic E-state index is 8.61. The maximum absolute atomic E-state index is 8.61. The molecular weight excluding hydrogens is 158 g/mol. The van der Waals surface area contributed by atoms with Gasteiger partial charge in [-0.1, -0.05) is 0 Å². The van der Waals surface area contributed by atoms with Crippen LogP contribution in [0.25, 0.3) is 0 Å². The van der Waals surface area contributed by atoms with E-state index in [0.29, 0.717) is 26.4 Å². The average Bonchev–Trinajstić information content (AvgIpc) is 2.16. The molecule has 0 aromatic carbocycles. The molecule has 1 saturated heterocycles. The van der Waals surface area contributed by atoms with E-state index < -0.39 is 0 Å². The van der Waals surface area contributed by atoms with Crippen LogP contribution in [-0.4, -0.2) is 43.7 Å². The minimum Gasteiger partial charge on any atom is -0.394 e. The van der Waals surface area contributed by atoms with Gasteiger partial charge >= 0.3 is 0 Å². The molecule has 4 nitrogen and oxygen atoms in total. The molecule has 0 unspecified atom stereocenters. The third-order valence-electron chi connectivity index (χ3n) is 2.28. The Bertz CT molecular complexity index is 123. The summed E-state index contributed by atoms with van der Waals surface area (Å²) in [4.78, 5) is 0. The summed E-state index contributed by atoms with van der Waals surface area (Å²) in [5, 5.41) is 8.61. The van der Waals surface area contributed by atoms with Gasteiger partial charge in [0.25, 0.3) is 0 Å². The second-order valence-corrected chi connectivity index (χ2v) is 3.07. The molecule has 0 atom stereocenters. The van der Waals surface area contributed by atoms with Crippen LogP contribution in [0, 0.1) is 0 Å². The van der Waals surface area contributed by atoms with E-state index in [1.165, 1.54) is 0 Å². The molecule has 0 radical (unpaired) electrons. The molecule has 0 aliphatic carbocycles. The summed E-state index contributed by atoms with van der Waals surface area (Å²) in [6, 6.07) is 0. The molecule has 72 valence electrons. The van der Waals surface area contributed by atoms with Gasteiger partial charge < -0.3 is 20.3 Å². The first-order valence-electron chi connectivity index (χ1n) is 4.36. The van der Waals surface area contributed by atoms with Gasteiger partial charge in [0, 0.05) is 32.6 Å². The summed E-state index contributed by atoms with van der Waals surface area (Å²) >= 11 is 0. The Morgan fingerprint density at radius 1 is 1.42 bits per heavy atom. The summed E-state index contributed by atoms with van der Waals surface area (Å²) < 4.78 is 10.7. The number of rotatable bonds is 4. The Balaban J connectivity index is 2.37. The summed E-state index contributed by atoms with van der Waals surface area (Å²) in [6.07, 6.45) is 1.67. The first kappa shape index (κ1) is 9.92. The van der Waals surface area contributed by atoms with Crippen LogP contribution in [0.2, 0.25) is 0 Å². The van der Waals surface area contributed by atoms with E-state index in [1.54, 1.807) is 0 Å². The molecule has 0 aromatic rings. The summed E-state index contributed by atoms with van der Waals surface area (Å²) in [5.74, 6) is 0. The van der Waals surface area contributed by atoms with Crippen molar-refractivity contribution < 1.29 is 14.6 Å². The smallest absolute Gasteiger partial charge is 0.0849 e. The minimum atomic E-state index is -0.235. The standard InChI is InChI=1S/C8H17NO3/c9-7-8(12-6-3-10)1-4-11-5-2-8/h10H,1-7,9H2. The number of hydrogen-bond acceptors (Lipinski definition) is 4. The fourth-order valence-electron chi connectivity index (χ4n) is 1.41. The van der Waals surface area contributed by atoms with E-state index in [9.17, 15) is 0 Å². The van der Waals surface area contributed by atoms with Gasteiger partial charge in [0.05, 0.1) is 18.8 Å². The second kappa shape index (κ2) is 4.77. The number of ether oxygens (including phenoxy) is 2. The lowest BCUT2D eigenvalue weighted by molar-refractivity contribution is -0.111. The summed E-state index contributed by atoms with van der Waals surface area (Å²) in [5.41, 5.74) is 5.38. The lowest BCUT2D eigenvalue weighted by Crippen LogP contribution is -2.46. The van der Waals surface area contributed by atoms with Crippen molar-refractivity contribution in [3.8, 4) is 0 Å². The van der Waals surface area contributed by atoms with Gasteiger partial charge in [0.2, 0.25) is 0 Å². The Labute approximate surface area is 72.6 Å². The zero-order valence-electron chi connectivity index (χ0n) is 7.29. The normalized spacial score (nSPS) is 22.5. The highest BCUT2D eigenvalue weighted by molar-refractivity contribution is 4.84. The van der Waals surface area contributed by atoms with Gasteiger partial charge in [-0.15, -0.1) is 0 Å². The van der Waals surface area contributed by atoms with Gasteiger partial charge in [-0.2, -0.15) is 0 Å². The zero-order valence-corrected chi connectivity index (χ0v) is 7.29. The quantitative estimate of drug-likeness (QED) is 0.604. The van der Waals surface area contributed by atoms with Gasteiger partial charge in [-0.3, -0.25) is 0 Å². The van der Waals surface area contributed by atoms with Crippen molar-refractivity contribution >= 4 is 0 Å². The predicted octanol–water partition coefficient (Wildman–Crippen LogP) is -0.497. The van der Waals surface area contributed by atoms with Crippen molar-refractivity contribution in [3.63, 3.8) is 0 Å². The molecule has 0 amide bonds. The van der Waals surface area contributed by atoms with Gasteiger partial charge in [-0.05, 0) is 0 Å². The minimum absolute atomic E-state index is 0.0581. The Hall–Kier alpha value is -0.160. The van der Waals surface area contributed by atoms with Crippen LogP contribution in [0.4, 0.5) is 0 Å². The summed E-state index contributed by atoms with van der Waals surface area (Å²) in [6.45, 7) is 2.36. The third kappa shape index (κ3) is 2.42. The van der Waals surface area contributed by atoms with E-state index in [-0.39, 0.29) is 12.2 Å². The van der Waals surface area contributed by atoms with Crippen LogP contribution in [-0.2, 0) is 9.47 Å². The van der Waals surface area contributed by atoms with E-state index >= 15 is 0 Å². The van der Waals surface area contributed by atoms with Gasteiger partial charge in [-0.25, -0.2) is 0 Å². The lowest BCUT2D eigenvalue weighted by atomic mass is 9.94. The fraction of sp³-hybridized carbons (Fsp3) is 1.00. The molecular formula is C8H17NO3.